The fraction of sp³-hybridized carbons (Fsp3) is 0.625. The molecule has 0 aromatic heterocycles. The molecule has 1 N–H and O–H groups in total. The molecule has 18 heavy (non-hydrogen) atoms. The Morgan fingerprint density at radius 1 is 1.22 bits per heavy atom. The topological polar surface area (TPSA) is 15.3 Å². The molecule has 0 bridgehead atoms. The van der Waals surface area contributed by atoms with Gasteiger partial charge in [-0.1, -0.05) is 30.3 Å². The molecule has 2 nitrogen and oxygen atoms in total. The SMILES string of the molecule is CC(C)N(CCCNC1CC1)Cc1ccccc1. The maximum absolute atomic E-state index is 3.59. The van der Waals surface area contributed by atoms with Crippen LogP contribution < -0.4 is 5.32 Å². The van der Waals surface area contributed by atoms with E-state index in [9.17, 15) is 0 Å². The zero-order chi connectivity index (χ0) is 12.8. The van der Waals surface area contributed by atoms with Crippen molar-refractivity contribution in [2.24, 2.45) is 0 Å². The molecule has 0 spiro atoms. The lowest BCUT2D eigenvalue weighted by Gasteiger charge is -2.26. The average Bonchev–Trinajstić information content (AvgIpc) is 3.18. The summed E-state index contributed by atoms with van der Waals surface area (Å²) in [5, 5.41) is 3.59. The maximum atomic E-state index is 3.59. The second kappa shape index (κ2) is 6.91. The molecule has 0 unspecified atom stereocenters. The van der Waals surface area contributed by atoms with Gasteiger partial charge in [0, 0.05) is 18.6 Å². The zero-order valence-corrected chi connectivity index (χ0v) is 11.7. The van der Waals surface area contributed by atoms with E-state index in [0.717, 1.165) is 12.6 Å². The minimum Gasteiger partial charge on any atom is -0.314 e. The highest BCUT2D eigenvalue weighted by molar-refractivity contribution is 5.14. The van der Waals surface area contributed by atoms with Gasteiger partial charge in [-0.2, -0.15) is 0 Å². The first-order chi connectivity index (χ1) is 8.75. The Morgan fingerprint density at radius 3 is 2.56 bits per heavy atom. The Hall–Kier alpha value is -0.860. The highest BCUT2D eigenvalue weighted by Crippen LogP contribution is 2.18. The maximum Gasteiger partial charge on any atom is 0.0236 e. The Bertz CT molecular complexity index is 330. The van der Waals surface area contributed by atoms with Crippen LogP contribution in [0.4, 0.5) is 0 Å². The molecule has 0 saturated heterocycles. The first-order valence-corrected chi connectivity index (χ1v) is 7.27. The van der Waals surface area contributed by atoms with Gasteiger partial charge in [0.15, 0.2) is 0 Å². The third-order valence-corrected chi connectivity index (χ3v) is 3.59. The number of nitrogens with zero attached hydrogens (tertiary/aromatic N) is 1. The third kappa shape index (κ3) is 4.79. The van der Waals surface area contributed by atoms with E-state index >= 15 is 0 Å². The minimum atomic E-state index is 0.617. The summed E-state index contributed by atoms with van der Waals surface area (Å²) in [7, 11) is 0. The smallest absolute Gasteiger partial charge is 0.0236 e. The molecule has 1 aromatic carbocycles. The van der Waals surface area contributed by atoms with Crippen molar-refractivity contribution in [2.45, 2.75) is 51.7 Å². The lowest BCUT2D eigenvalue weighted by molar-refractivity contribution is 0.209. The Kier molecular flexibility index (Phi) is 5.21. The van der Waals surface area contributed by atoms with Gasteiger partial charge in [-0.3, -0.25) is 4.90 Å². The van der Waals surface area contributed by atoms with Crippen molar-refractivity contribution in [3.63, 3.8) is 0 Å². The molecular weight excluding hydrogens is 220 g/mol. The van der Waals surface area contributed by atoms with Crippen LogP contribution in [0.1, 0.15) is 38.7 Å². The summed E-state index contributed by atoms with van der Waals surface area (Å²) in [6.45, 7) is 8.01. The molecule has 1 aromatic rings. The molecule has 1 aliphatic carbocycles. The molecule has 1 fully saturated rings. The summed E-state index contributed by atoms with van der Waals surface area (Å²) >= 11 is 0. The lowest BCUT2D eigenvalue weighted by atomic mass is 10.2. The van der Waals surface area contributed by atoms with Gasteiger partial charge in [-0.25, -0.2) is 0 Å². The van der Waals surface area contributed by atoms with Gasteiger partial charge in [0.1, 0.15) is 0 Å². The summed E-state index contributed by atoms with van der Waals surface area (Å²) < 4.78 is 0. The Balaban J connectivity index is 1.72. The summed E-state index contributed by atoms with van der Waals surface area (Å²) in [6, 6.07) is 12.2. The van der Waals surface area contributed by atoms with Crippen LogP contribution in [0, 0.1) is 0 Å². The molecule has 1 aliphatic rings. The van der Waals surface area contributed by atoms with E-state index in [-0.39, 0.29) is 0 Å². The second-order valence-corrected chi connectivity index (χ2v) is 5.63. The van der Waals surface area contributed by atoms with Crippen LogP contribution in [0.3, 0.4) is 0 Å². The molecule has 0 aliphatic heterocycles. The standard InChI is InChI=1S/C16H26N2/c1-14(2)18(12-6-11-17-16-9-10-16)13-15-7-4-3-5-8-15/h3-5,7-8,14,16-17H,6,9-13H2,1-2H3. The van der Waals surface area contributed by atoms with Crippen molar-refractivity contribution in [3.8, 4) is 0 Å². The van der Waals surface area contributed by atoms with Gasteiger partial charge >= 0.3 is 0 Å². The Labute approximate surface area is 111 Å². The molecule has 0 atom stereocenters. The van der Waals surface area contributed by atoms with E-state index in [1.54, 1.807) is 0 Å². The van der Waals surface area contributed by atoms with Crippen molar-refractivity contribution < 1.29 is 0 Å². The average molecular weight is 246 g/mol. The predicted octanol–water partition coefficient (Wildman–Crippen LogP) is 3.04. The van der Waals surface area contributed by atoms with E-state index in [1.807, 2.05) is 0 Å². The second-order valence-electron chi connectivity index (χ2n) is 5.63. The highest BCUT2D eigenvalue weighted by atomic mass is 15.1. The van der Waals surface area contributed by atoms with Gasteiger partial charge in [-0.05, 0) is 51.8 Å². The summed E-state index contributed by atoms with van der Waals surface area (Å²) in [6.07, 6.45) is 4.03. The molecule has 0 amide bonds. The highest BCUT2D eigenvalue weighted by Gasteiger charge is 2.19. The molecule has 100 valence electrons. The summed E-state index contributed by atoms with van der Waals surface area (Å²) in [4.78, 5) is 2.56. The lowest BCUT2D eigenvalue weighted by Crippen LogP contribution is -2.33. The number of hydrogen-bond acceptors (Lipinski definition) is 2. The number of nitrogens with one attached hydrogen (secondary N) is 1. The third-order valence-electron chi connectivity index (χ3n) is 3.59. The predicted molar refractivity (Wildman–Crippen MR) is 77.6 cm³/mol. The summed E-state index contributed by atoms with van der Waals surface area (Å²) in [5.41, 5.74) is 1.42. The largest absolute Gasteiger partial charge is 0.314 e. The fourth-order valence-electron chi connectivity index (χ4n) is 2.21. The fourth-order valence-corrected chi connectivity index (χ4v) is 2.21. The normalized spacial score (nSPS) is 15.6. The van der Waals surface area contributed by atoms with Crippen molar-refractivity contribution >= 4 is 0 Å². The summed E-state index contributed by atoms with van der Waals surface area (Å²) in [5.74, 6) is 0. The van der Waals surface area contributed by atoms with Crippen molar-refractivity contribution in [1.82, 2.24) is 10.2 Å². The van der Waals surface area contributed by atoms with Gasteiger partial charge in [0.25, 0.3) is 0 Å². The number of benzene rings is 1. The molecular formula is C16H26N2. The number of rotatable bonds is 8. The van der Waals surface area contributed by atoms with Crippen molar-refractivity contribution in [1.29, 1.82) is 0 Å². The first kappa shape index (κ1) is 13.6. The van der Waals surface area contributed by atoms with Crippen LogP contribution >= 0.6 is 0 Å². The van der Waals surface area contributed by atoms with E-state index < -0.39 is 0 Å². The van der Waals surface area contributed by atoms with Gasteiger partial charge in [-0.15, -0.1) is 0 Å². The van der Waals surface area contributed by atoms with E-state index in [0.29, 0.717) is 6.04 Å². The van der Waals surface area contributed by atoms with Crippen molar-refractivity contribution in [2.75, 3.05) is 13.1 Å². The van der Waals surface area contributed by atoms with Gasteiger partial charge in [0.05, 0.1) is 0 Å². The van der Waals surface area contributed by atoms with Gasteiger partial charge in [0.2, 0.25) is 0 Å². The number of hydrogen-bond donors (Lipinski definition) is 1. The van der Waals surface area contributed by atoms with Crippen LogP contribution in [0.2, 0.25) is 0 Å². The van der Waals surface area contributed by atoms with Crippen LogP contribution in [0.15, 0.2) is 30.3 Å². The minimum absolute atomic E-state index is 0.617. The molecule has 1 saturated carbocycles. The zero-order valence-electron chi connectivity index (χ0n) is 11.7. The Morgan fingerprint density at radius 2 is 1.94 bits per heavy atom. The van der Waals surface area contributed by atoms with Crippen molar-refractivity contribution in [3.05, 3.63) is 35.9 Å². The van der Waals surface area contributed by atoms with E-state index in [4.69, 9.17) is 0 Å². The molecule has 2 heteroatoms. The van der Waals surface area contributed by atoms with Gasteiger partial charge < -0.3 is 5.32 Å². The van der Waals surface area contributed by atoms with E-state index in [2.05, 4.69) is 54.4 Å². The quantitative estimate of drug-likeness (QED) is 0.709. The molecule has 0 radical (unpaired) electrons. The first-order valence-electron chi connectivity index (χ1n) is 7.27. The van der Waals surface area contributed by atoms with Crippen LogP contribution in [0.5, 0.6) is 0 Å². The van der Waals surface area contributed by atoms with E-state index in [1.165, 1.54) is 37.9 Å². The molecule has 2 rings (SSSR count). The van der Waals surface area contributed by atoms with Crippen LogP contribution in [-0.4, -0.2) is 30.1 Å². The molecule has 0 heterocycles. The van der Waals surface area contributed by atoms with Crippen LogP contribution in [-0.2, 0) is 6.54 Å². The van der Waals surface area contributed by atoms with Crippen LogP contribution in [0.25, 0.3) is 0 Å². The monoisotopic (exact) mass is 246 g/mol.